The Kier molecular flexibility index (Phi) is 5.93. The number of aromatic nitrogens is 2. The van der Waals surface area contributed by atoms with Crippen molar-refractivity contribution in [3.8, 4) is 22.8 Å². The van der Waals surface area contributed by atoms with E-state index in [0.29, 0.717) is 29.9 Å². The van der Waals surface area contributed by atoms with E-state index in [1.165, 1.54) is 0 Å². The molecule has 0 spiro atoms. The molecule has 2 N–H and O–H groups in total. The number of carbonyl (C=O) groups excluding carboxylic acids is 1. The third-order valence-electron chi connectivity index (χ3n) is 4.09. The van der Waals surface area contributed by atoms with E-state index in [9.17, 15) is 4.79 Å². The Bertz CT molecular complexity index is 949. The quantitative estimate of drug-likeness (QED) is 0.669. The molecule has 1 aromatic heterocycles. The summed E-state index contributed by atoms with van der Waals surface area (Å²) in [5, 5.41) is 9.74. The fraction of sp³-hybridized carbons (Fsp3) is 0.286. The van der Waals surface area contributed by atoms with E-state index in [-0.39, 0.29) is 6.03 Å². The van der Waals surface area contributed by atoms with Gasteiger partial charge in [-0.3, -0.25) is 0 Å². The smallest absolute Gasteiger partial charge is 0.319 e. The van der Waals surface area contributed by atoms with Crippen molar-refractivity contribution >= 4 is 17.4 Å². The third kappa shape index (κ3) is 4.88. The number of benzene rings is 2. The second-order valence-electron chi connectivity index (χ2n) is 7.18. The van der Waals surface area contributed by atoms with Crippen LogP contribution in [0.3, 0.4) is 0 Å². The summed E-state index contributed by atoms with van der Waals surface area (Å²) in [7, 11) is 3.96. The molecule has 1 heterocycles. The van der Waals surface area contributed by atoms with E-state index in [1.54, 1.807) is 0 Å². The van der Waals surface area contributed by atoms with E-state index in [0.717, 1.165) is 16.8 Å². The van der Waals surface area contributed by atoms with Crippen LogP contribution < -0.4 is 15.5 Å². The van der Waals surface area contributed by atoms with Gasteiger partial charge in [0.1, 0.15) is 0 Å². The van der Waals surface area contributed by atoms with Crippen LogP contribution in [0.25, 0.3) is 22.8 Å². The van der Waals surface area contributed by atoms with Crippen molar-refractivity contribution in [3.63, 3.8) is 0 Å². The van der Waals surface area contributed by atoms with Gasteiger partial charge >= 0.3 is 6.03 Å². The molecular formula is C21H25N5O2. The Labute approximate surface area is 164 Å². The molecule has 0 unspecified atom stereocenters. The highest BCUT2D eigenvalue weighted by atomic mass is 16.5. The van der Waals surface area contributed by atoms with Crippen LogP contribution >= 0.6 is 0 Å². The molecule has 0 fully saturated rings. The third-order valence-corrected chi connectivity index (χ3v) is 4.09. The molecule has 28 heavy (non-hydrogen) atoms. The highest BCUT2D eigenvalue weighted by Gasteiger charge is 2.12. The van der Waals surface area contributed by atoms with Crippen LogP contribution in [0.15, 0.2) is 53.1 Å². The predicted molar refractivity (Wildman–Crippen MR) is 111 cm³/mol. The maximum atomic E-state index is 12.0. The topological polar surface area (TPSA) is 83.3 Å². The lowest BCUT2D eigenvalue weighted by molar-refractivity contribution is 0.251. The molecule has 0 aliphatic carbocycles. The van der Waals surface area contributed by atoms with Gasteiger partial charge in [0, 0.05) is 43.1 Å². The van der Waals surface area contributed by atoms with Crippen LogP contribution in [0.5, 0.6) is 0 Å². The normalized spacial score (nSPS) is 10.8. The molecule has 0 aliphatic rings. The molecule has 0 radical (unpaired) electrons. The lowest BCUT2D eigenvalue weighted by Gasteiger charge is -2.12. The number of amides is 2. The summed E-state index contributed by atoms with van der Waals surface area (Å²) in [4.78, 5) is 18.5. The maximum absolute atomic E-state index is 12.0. The lowest BCUT2D eigenvalue weighted by atomic mass is 10.1. The summed E-state index contributed by atoms with van der Waals surface area (Å²) in [6, 6.07) is 15.0. The van der Waals surface area contributed by atoms with E-state index in [2.05, 4.69) is 20.8 Å². The molecular weight excluding hydrogens is 354 g/mol. The van der Waals surface area contributed by atoms with E-state index in [1.807, 2.05) is 81.4 Å². The first-order valence-corrected chi connectivity index (χ1v) is 9.19. The number of hydrogen-bond acceptors (Lipinski definition) is 5. The number of carbonyl (C=O) groups is 1. The molecule has 0 bridgehead atoms. The van der Waals surface area contributed by atoms with Gasteiger partial charge in [0.2, 0.25) is 5.82 Å². The van der Waals surface area contributed by atoms with Crippen molar-refractivity contribution in [1.29, 1.82) is 0 Å². The average Bonchev–Trinajstić information content (AvgIpc) is 3.17. The molecule has 0 aliphatic heterocycles. The van der Waals surface area contributed by atoms with Gasteiger partial charge in [0.05, 0.1) is 0 Å². The van der Waals surface area contributed by atoms with Crippen LogP contribution in [0.4, 0.5) is 16.2 Å². The van der Waals surface area contributed by atoms with Gasteiger partial charge < -0.3 is 20.1 Å². The van der Waals surface area contributed by atoms with E-state index < -0.39 is 0 Å². The van der Waals surface area contributed by atoms with Gasteiger partial charge in [0.15, 0.2) is 0 Å². The molecule has 0 saturated carbocycles. The van der Waals surface area contributed by atoms with Crippen LogP contribution in [-0.2, 0) is 0 Å². The Morgan fingerprint density at radius 2 is 1.86 bits per heavy atom. The van der Waals surface area contributed by atoms with Gasteiger partial charge in [-0.05, 0) is 36.2 Å². The van der Waals surface area contributed by atoms with Gasteiger partial charge in [-0.2, -0.15) is 4.98 Å². The van der Waals surface area contributed by atoms with Crippen LogP contribution in [0.2, 0.25) is 0 Å². The van der Waals surface area contributed by atoms with Crippen molar-refractivity contribution in [2.24, 2.45) is 5.92 Å². The first-order valence-electron chi connectivity index (χ1n) is 9.19. The number of rotatable bonds is 6. The van der Waals surface area contributed by atoms with Crippen LogP contribution in [-0.4, -0.2) is 36.8 Å². The zero-order valence-corrected chi connectivity index (χ0v) is 16.6. The minimum atomic E-state index is -0.236. The monoisotopic (exact) mass is 379 g/mol. The molecule has 2 aromatic carbocycles. The van der Waals surface area contributed by atoms with Crippen molar-refractivity contribution in [1.82, 2.24) is 15.5 Å². The molecule has 3 rings (SSSR count). The maximum Gasteiger partial charge on any atom is 0.319 e. The molecule has 146 valence electrons. The average molecular weight is 379 g/mol. The standard InChI is InChI=1S/C21H25N5O2/c1-14(2)13-22-21(27)23-17-9-5-7-15(11-17)19-24-20(28-25-19)16-8-6-10-18(12-16)26(3)4/h5-12,14H,13H2,1-4H3,(H2,22,23,27). The fourth-order valence-electron chi connectivity index (χ4n) is 2.58. The fourth-order valence-corrected chi connectivity index (χ4v) is 2.58. The summed E-state index contributed by atoms with van der Waals surface area (Å²) < 4.78 is 5.45. The second kappa shape index (κ2) is 8.56. The zero-order valence-electron chi connectivity index (χ0n) is 16.6. The lowest BCUT2D eigenvalue weighted by Crippen LogP contribution is -2.31. The van der Waals surface area contributed by atoms with Crippen molar-refractivity contribution < 1.29 is 9.32 Å². The summed E-state index contributed by atoms with van der Waals surface area (Å²) in [6.07, 6.45) is 0. The summed E-state index contributed by atoms with van der Waals surface area (Å²) in [6.45, 7) is 4.71. The number of nitrogens with one attached hydrogen (secondary N) is 2. The van der Waals surface area contributed by atoms with E-state index in [4.69, 9.17) is 4.52 Å². The molecule has 7 heteroatoms. The minimum absolute atomic E-state index is 0.236. The largest absolute Gasteiger partial charge is 0.378 e. The Balaban J connectivity index is 1.76. The Hall–Kier alpha value is -3.35. The highest BCUT2D eigenvalue weighted by molar-refractivity contribution is 5.89. The summed E-state index contributed by atoms with van der Waals surface area (Å²) in [5.41, 5.74) is 3.34. The van der Waals surface area contributed by atoms with Crippen LogP contribution in [0.1, 0.15) is 13.8 Å². The SMILES string of the molecule is CC(C)CNC(=O)Nc1cccc(-c2noc(-c3cccc(N(C)C)c3)n2)c1. The summed E-state index contributed by atoms with van der Waals surface area (Å²) in [5.74, 6) is 1.31. The zero-order chi connectivity index (χ0) is 20.1. The number of nitrogens with zero attached hydrogens (tertiary/aromatic N) is 3. The molecule has 0 saturated heterocycles. The highest BCUT2D eigenvalue weighted by Crippen LogP contribution is 2.26. The first-order chi connectivity index (χ1) is 13.4. The van der Waals surface area contributed by atoms with Gasteiger partial charge in [-0.25, -0.2) is 4.79 Å². The predicted octanol–water partition coefficient (Wildman–Crippen LogP) is 4.25. The number of hydrogen-bond donors (Lipinski definition) is 2. The Morgan fingerprint density at radius 3 is 2.61 bits per heavy atom. The molecule has 3 aromatic rings. The molecule has 7 nitrogen and oxygen atoms in total. The van der Waals surface area contributed by atoms with Crippen molar-refractivity contribution in [2.75, 3.05) is 30.9 Å². The first kappa shape index (κ1) is 19.4. The summed E-state index contributed by atoms with van der Waals surface area (Å²) >= 11 is 0. The van der Waals surface area contributed by atoms with Crippen molar-refractivity contribution in [2.45, 2.75) is 13.8 Å². The van der Waals surface area contributed by atoms with Gasteiger partial charge in [-0.15, -0.1) is 0 Å². The Morgan fingerprint density at radius 1 is 1.11 bits per heavy atom. The molecule has 0 atom stereocenters. The van der Waals surface area contributed by atoms with E-state index >= 15 is 0 Å². The second-order valence-corrected chi connectivity index (χ2v) is 7.18. The minimum Gasteiger partial charge on any atom is -0.378 e. The number of anilines is 2. The van der Waals surface area contributed by atoms with Gasteiger partial charge in [-0.1, -0.05) is 37.2 Å². The molecule has 2 amide bonds. The van der Waals surface area contributed by atoms with Crippen LogP contribution in [0, 0.1) is 5.92 Å². The number of urea groups is 1. The van der Waals surface area contributed by atoms with Gasteiger partial charge in [0.25, 0.3) is 5.89 Å². The van der Waals surface area contributed by atoms with Crippen molar-refractivity contribution in [3.05, 3.63) is 48.5 Å².